The molecular formula is C22H22N4O2. The number of nitrogens with zero attached hydrogens (tertiary/aromatic N) is 4. The molecule has 4 aromatic rings. The molecular weight excluding hydrogens is 352 g/mol. The predicted octanol–water partition coefficient (Wildman–Crippen LogP) is 3.17. The number of rotatable bonds is 2. The van der Waals surface area contributed by atoms with E-state index >= 15 is 0 Å². The van der Waals surface area contributed by atoms with E-state index in [0.29, 0.717) is 16.8 Å². The van der Waals surface area contributed by atoms with E-state index in [1.54, 1.807) is 0 Å². The Morgan fingerprint density at radius 2 is 1.86 bits per heavy atom. The second-order valence-electron chi connectivity index (χ2n) is 7.56. The van der Waals surface area contributed by atoms with Crippen molar-refractivity contribution in [2.24, 2.45) is 0 Å². The molecule has 4 heterocycles. The average molecular weight is 374 g/mol. The Balaban J connectivity index is 1.55. The second-order valence-corrected chi connectivity index (χ2v) is 7.56. The molecule has 0 unspecified atom stereocenters. The van der Waals surface area contributed by atoms with Crippen molar-refractivity contribution >= 4 is 22.3 Å². The molecule has 1 aromatic carbocycles. The predicted molar refractivity (Wildman–Crippen MR) is 111 cm³/mol. The van der Waals surface area contributed by atoms with Gasteiger partial charge < -0.3 is 18.6 Å². The molecule has 0 amide bonds. The number of imidazole rings is 1. The summed E-state index contributed by atoms with van der Waals surface area (Å²) in [4.78, 5) is 21.9. The first kappa shape index (κ1) is 17.0. The smallest absolute Gasteiger partial charge is 0.345 e. The summed E-state index contributed by atoms with van der Waals surface area (Å²) in [6.45, 7) is 6.05. The van der Waals surface area contributed by atoms with Crippen LogP contribution in [-0.2, 0) is 0 Å². The lowest BCUT2D eigenvalue weighted by Gasteiger charge is -2.34. The van der Waals surface area contributed by atoms with Crippen molar-refractivity contribution < 1.29 is 4.42 Å². The summed E-state index contributed by atoms with van der Waals surface area (Å²) >= 11 is 0. The zero-order chi connectivity index (χ0) is 19.3. The summed E-state index contributed by atoms with van der Waals surface area (Å²) in [5, 5.41) is 0.903. The highest BCUT2D eigenvalue weighted by Gasteiger charge is 2.16. The van der Waals surface area contributed by atoms with Crippen molar-refractivity contribution in [1.29, 1.82) is 0 Å². The lowest BCUT2D eigenvalue weighted by atomic mass is 10.1. The van der Waals surface area contributed by atoms with Gasteiger partial charge in [-0.05, 0) is 49.9 Å². The van der Waals surface area contributed by atoms with Gasteiger partial charge in [-0.15, -0.1) is 0 Å². The number of aryl methyl sites for hydroxylation is 1. The van der Waals surface area contributed by atoms with Crippen molar-refractivity contribution in [1.82, 2.24) is 14.3 Å². The summed E-state index contributed by atoms with van der Waals surface area (Å²) in [5.74, 6) is 0. The van der Waals surface area contributed by atoms with Crippen molar-refractivity contribution in [3.05, 3.63) is 64.8 Å². The zero-order valence-corrected chi connectivity index (χ0v) is 16.1. The van der Waals surface area contributed by atoms with Gasteiger partial charge in [0.1, 0.15) is 11.2 Å². The highest BCUT2D eigenvalue weighted by atomic mass is 16.4. The Kier molecular flexibility index (Phi) is 3.94. The van der Waals surface area contributed by atoms with Crippen LogP contribution in [0.25, 0.3) is 27.9 Å². The first-order valence-corrected chi connectivity index (χ1v) is 9.54. The van der Waals surface area contributed by atoms with E-state index in [4.69, 9.17) is 4.42 Å². The van der Waals surface area contributed by atoms with Crippen molar-refractivity contribution in [2.75, 3.05) is 38.1 Å². The molecule has 0 aliphatic carbocycles. The fraction of sp³-hybridized carbons (Fsp3) is 0.273. The highest BCUT2D eigenvalue weighted by Crippen LogP contribution is 2.26. The van der Waals surface area contributed by atoms with Gasteiger partial charge in [0.2, 0.25) is 0 Å². The van der Waals surface area contributed by atoms with Gasteiger partial charge in [-0.3, -0.25) is 0 Å². The van der Waals surface area contributed by atoms with E-state index in [1.807, 2.05) is 54.0 Å². The number of likely N-dealkylation sites (N-methyl/N-ethyl adjacent to an activating group) is 1. The lowest BCUT2D eigenvalue weighted by molar-refractivity contribution is 0.313. The normalized spacial score (nSPS) is 15.6. The van der Waals surface area contributed by atoms with E-state index in [2.05, 4.69) is 27.9 Å². The third kappa shape index (κ3) is 2.96. The topological polar surface area (TPSA) is 54.0 Å². The second kappa shape index (κ2) is 6.49. The fourth-order valence-electron chi connectivity index (χ4n) is 3.75. The van der Waals surface area contributed by atoms with Crippen LogP contribution in [0.15, 0.2) is 58.0 Å². The number of hydrogen-bond acceptors (Lipinski definition) is 5. The molecule has 142 valence electrons. The van der Waals surface area contributed by atoms with Crippen LogP contribution >= 0.6 is 0 Å². The molecule has 1 saturated heterocycles. The molecule has 28 heavy (non-hydrogen) atoms. The molecule has 0 bridgehead atoms. The summed E-state index contributed by atoms with van der Waals surface area (Å²) in [5.41, 5.74) is 4.42. The summed E-state index contributed by atoms with van der Waals surface area (Å²) in [6.07, 6.45) is 3.82. The fourth-order valence-corrected chi connectivity index (χ4v) is 3.75. The number of piperazine rings is 1. The molecule has 0 saturated carbocycles. The average Bonchev–Trinajstić information content (AvgIpc) is 3.10. The summed E-state index contributed by atoms with van der Waals surface area (Å²) in [6, 6.07) is 12.0. The van der Waals surface area contributed by atoms with Gasteiger partial charge in [-0.1, -0.05) is 0 Å². The van der Waals surface area contributed by atoms with Gasteiger partial charge in [-0.2, -0.15) is 0 Å². The molecule has 0 radical (unpaired) electrons. The van der Waals surface area contributed by atoms with Crippen LogP contribution in [0.5, 0.6) is 0 Å². The minimum Gasteiger partial charge on any atom is -0.422 e. The van der Waals surface area contributed by atoms with Crippen LogP contribution in [0.2, 0.25) is 0 Å². The number of hydrogen-bond donors (Lipinski definition) is 0. The summed E-state index contributed by atoms with van der Waals surface area (Å²) < 4.78 is 7.60. The molecule has 0 spiro atoms. The molecule has 1 aliphatic rings. The number of benzene rings is 1. The van der Waals surface area contributed by atoms with Crippen LogP contribution in [0.4, 0.5) is 5.69 Å². The molecule has 6 heteroatoms. The maximum atomic E-state index is 12.7. The third-order valence-electron chi connectivity index (χ3n) is 5.48. The van der Waals surface area contributed by atoms with Crippen molar-refractivity contribution in [3.63, 3.8) is 0 Å². The maximum Gasteiger partial charge on any atom is 0.345 e. The van der Waals surface area contributed by atoms with Crippen molar-refractivity contribution in [3.8, 4) is 11.3 Å². The Morgan fingerprint density at radius 1 is 1.04 bits per heavy atom. The van der Waals surface area contributed by atoms with E-state index in [0.717, 1.165) is 48.5 Å². The Hall–Kier alpha value is -3.12. The number of aromatic nitrogens is 2. The van der Waals surface area contributed by atoms with E-state index in [9.17, 15) is 4.79 Å². The highest BCUT2D eigenvalue weighted by molar-refractivity contribution is 5.84. The van der Waals surface area contributed by atoms with E-state index in [1.165, 1.54) is 0 Å². The van der Waals surface area contributed by atoms with Gasteiger partial charge >= 0.3 is 5.63 Å². The van der Waals surface area contributed by atoms with Gasteiger partial charge in [0.25, 0.3) is 0 Å². The lowest BCUT2D eigenvalue weighted by Crippen LogP contribution is -2.44. The van der Waals surface area contributed by atoms with Crippen LogP contribution in [0.3, 0.4) is 0 Å². The first-order valence-electron chi connectivity index (χ1n) is 9.54. The molecule has 0 atom stereocenters. The van der Waals surface area contributed by atoms with Gasteiger partial charge in [-0.25, -0.2) is 9.78 Å². The molecule has 1 fully saturated rings. The Bertz CT molecular complexity index is 1230. The van der Waals surface area contributed by atoms with Crippen LogP contribution < -0.4 is 10.5 Å². The molecule has 0 N–H and O–H groups in total. The first-order chi connectivity index (χ1) is 13.6. The molecule has 3 aromatic heterocycles. The third-order valence-corrected chi connectivity index (χ3v) is 5.48. The maximum absolute atomic E-state index is 12.7. The molecule has 6 nitrogen and oxygen atoms in total. The van der Waals surface area contributed by atoms with Gasteiger partial charge in [0, 0.05) is 55.7 Å². The monoisotopic (exact) mass is 374 g/mol. The SMILES string of the molecule is Cc1ccn2cc(-c3cc4ccc(N5CCN(C)CC5)cc4oc3=O)nc2c1. The largest absolute Gasteiger partial charge is 0.422 e. The van der Waals surface area contributed by atoms with Crippen LogP contribution in [0.1, 0.15) is 5.56 Å². The van der Waals surface area contributed by atoms with Crippen molar-refractivity contribution in [2.45, 2.75) is 6.92 Å². The number of pyridine rings is 1. The Morgan fingerprint density at radius 3 is 2.68 bits per heavy atom. The Labute approximate surface area is 162 Å². The number of anilines is 1. The van der Waals surface area contributed by atoms with Crippen LogP contribution in [-0.4, -0.2) is 47.5 Å². The number of fused-ring (bicyclic) bond motifs is 2. The molecule has 5 rings (SSSR count). The van der Waals surface area contributed by atoms with Gasteiger partial charge in [0.05, 0.1) is 11.3 Å². The minimum absolute atomic E-state index is 0.358. The van der Waals surface area contributed by atoms with E-state index < -0.39 is 0 Å². The quantitative estimate of drug-likeness (QED) is 0.505. The minimum atomic E-state index is -0.358. The van der Waals surface area contributed by atoms with Gasteiger partial charge in [0.15, 0.2) is 0 Å². The standard InChI is InChI=1S/C22H22N4O2/c1-15-5-6-26-14-19(23-21(26)11-15)18-12-16-3-4-17(13-20(16)28-22(18)27)25-9-7-24(2)8-10-25/h3-6,11-14H,7-10H2,1-2H3. The summed E-state index contributed by atoms with van der Waals surface area (Å²) in [7, 11) is 2.14. The zero-order valence-electron chi connectivity index (χ0n) is 16.1. The molecule has 1 aliphatic heterocycles. The van der Waals surface area contributed by atoms with Crippen LogP contribution in [0, 0.1) is 6.92 Å². The van der Waals surface area contributed by atoms with E-state index in [-0.39, 0.29) is 5.63 Å².